The smallest absolute Gasteiger partial charge is 0.225 e. The lowest BCUT2D eigenvalue weighted by molar-refractivity contribution is -0.145. The van der Waals surface area contributed by atoms with Crippen molar-refractivity contribution in [1.82, 2.24) is 4.90 Å². The monoisotopic (exact) mass is 209 g/mol. The van der Waals surface area contributed by atoms with Gasteiger partial charge in [0.25, 0.3) is 0 Å². The number of amides is 1. The Bertz CT molecular complexity index is 283. The summed E-state index contributed by atoms with van der Waals surface area (Å²) in [6.45, 7) is 2.96. The van der Waals surface area contributed by atoms with Crippen molar-refractivity contribution in [2.24, 2.45) is 5.92 Å². The van der Waals surface area contributed by atoms with Crippen molar-refractivity contribution in [2.45, 2.75) is 57.2 Å². The Hall–Kier alpha value is -0.570. The fourth-order valence-electron chi connectivity index (χ4n) is 3.63. The Balaban J connectivity index is 1.89. The van der Waals surface area contributed by atoms with Crippen LogP contribution in [0.2, 0.25) is 0 Å². The zero-order valence-electron chi connectivity index (χ0n) is 9.37. The largest absolute Gasteiger partial charge is 0.353 e. The van der Waals surface area contributed by atoms with Gasteiger partial charge in [-0.05, 0) is 31.6 Å². The molecule has 3 nitrogen and oxygen atoms in total. The fourth-order valence-corrected chi connectivity index (χ4v) is 3.63. The third kappa shape index (κ3) is 1.19. The first kappa shape index (κ1) is 9.64. The molecule has 2 saturated heterocycles. The highest BCUT2D eigenvalue weighted by molar-refractivity contribution is 5.80. The normalized spacial score (nSPS) is 37.9. The SMILES string of the molecule is CC[C@@H]1CC(=O)N2[C@@H]1COC21CCCC1. The molecule has 0 aromatic heterocycles. The molecule has 0 radical (unpaired) electrons. The number of carbonyl (C=O) groups is 1. The van der Waals surface area contributed by atoms with Crippen LogP contribution in [0.5, 0.6) is 0 Å². The van der Waals surface area contributed by atoms with Gasteiger partial charge in [-0.2, -0.15) is 0 Å². The van der Waals surface area contributed by atoms with Crippen LogP contribution in [0, 0.1) is 5.92 Å². The van der Waals surface area contributed by atoms with E-state index in [1.165, 1.54) is 12.8 Å². The van der Waals surface area contributed by atoms with Gasteiger partial charge in [0.1, 0.15) is 5.72 Å². The average Bonchev–Trinajstić information content (AvgIpc) is 2.89. The van der Waals surface area contributed by atoms with Crippen molar-refractivity contribution in [3.8, 4) is 0 Å². The second-order valence-electron chi connectivity index (χ2n) is 5.17. The minimum absolute atomic E-state index is 0.175. The van der Waals surface area contributed by atoms with Crippen LogP contribution < -0.4 is 0 Å². The summed E-state index contributed by atoms with van der Waals surface area (Å²) < 4.78 is 5.98. The summed E-state index contributed by atoms with van der Waals surface area (Å²) in [5.74, 6) is 0.878. The maximum atomic E-state index is 12.0. The standard InChI is InChI=1S/C12H19NO2/c1-2-9-7-11(14)13-10(9)8-15-12(13)5-3-4-6-12/h9-10H,2-8H2,1H3/t9-,10-/m1/s1. The lowest BCUT2D eigenvalue weighted by Gasteiger charge is -2.33. The lowest BCUT2D eigenvalue weighted by Crippen LogP contribution is -2.46. The van der Waals surface area contributed by atoms with E-state index in [1.807, 2.05) is 0 Å². The van der Waals surface area contributed by atoms with Crippen molar-refractivity contribution >= 4 is 5.91 Å². The Morgan fingerprint density at radius 3 is 2.87 bits per heavy atom. The predicted octanol–water partition coefficient (Wildman–Crippen LogP) is 1.91. The number of fused-ring (bicyclic) bond motifs is 2. The second kappa shape index (κ2) is 3.21. The molecule has 0 bridgehead atoms. The first-order valence-corrected chi connectivity index (χ1v) is 6.23. The molecule has 0 unspecified atom stereocenters. The highest BCUT2D eigenvalue weighted by Crippen LogP contribution is 2.47. The van der Waals surface area contributed by atoms with Gasteiger partial charge in [0.2, 0.25) is 5.91 Å². The van der Waals surface area contributed by atoms with Gasteiger partial charge >= 0.3 is 0 Å². The summed E-state index contributed by atoms with van der Waals surface area (Å²) in [7, 11) is 0. The number of ether oxygens (including phenoxy) is 1. The molecule has 3 heteroatoms. The molecule has 15 heavy (non-hydrogen) atoms. The minimum Gasteiger partial charge on any atom is -0.353 e. The summed E-state index contributed by atoms with van der Waals surface area (Å²) in [4.78, 5) is 14.1. The van der Waals surface area contributed by atoms with E-state index in [9.17, 15) is 4.79 Å². The fraction of sp³-hybridized carbons (Fsp3) is 0.917. The summed E-state index contributed by atoms with van der Waals surface area (Å²) in [6, 6.07) is 0.389. The van der Waals surface area contributed by atoms with Crippen LogP contribution in [0.25, 0.3) is 0 Å². The molecular weight excluding hydrogens is 190 g/mol. The summed E-state index contributed by atoms with van der Waals surface area (Å²) in [5, 5.41) is 0. The number of carbonyl (C=O) groups excluding carboxylic acids is 1. The zero-order valence-corrected chi connectivity index (χ0v) is 9.37. The second-order valence-corrected chi connectivity index (χ2v) is 5.17. The summed E-state index contributed by atoms with van der Waals surface area (Å²) in [5.41, 5.74) is -0.175. The predicted molar refractivity (Wildman–Crippen MR) is 56.2 cm³/mol. The van der Waals surface area contributed by atoms with Crippen LogP contribution in [0.15, 0.2) is 0 Å². The molecule has 2 atom stereocenters. The number of rotatable bonds is 1. The first-order valence-electron chi connectivity index (χ1n) is 6.23. The van der Waals surface area contributed by atoms with Crippen molar-refractivity contribution < 1.29 is 9.53 Å². The van der Waals surface area contributed by atoms with Crippen LogP contribution in [0.4, 0.5) is 0 Å². The highest BCUT2D eigenvalue weighted by Gasteiger charge is 2.56. The van der Waals surface area contributed by atoms with Crippen LogP contribution in [-0.2, 0) is 9.53 Å². The van der Waals surface area contributed by atoms with Crippen molar-refractivity contribution in [3.63, 3.8) is 0 Å². The molecule has 0 aromatic carbocycles. The van der Waals surface area contributed by atoms with Crippen LogP contribution in [-0.4, -0.2) is 29.2 Å². The Morgan fingerprint density at radius 2 is 2.20 bits per heavy atom. The molecule has 1 amide bonds. The van der Waals surface area contributed by atoms with Gasteiger partial charge in [-0.3, -0.25) is 4.79 Å². The molecule has 1 saturated carbocycles. The van der Waals surface area contributed by atoms with E-state index in [-0.39, 0.29) is 5.72 Å². The molecule has 3 aliphatic rings. The average molecular weight is 209 g/mol. The Morgan fingerprint density at radius 1 is 1.47 bits per heavy atom. The van der Waals surface area contributed by atoms with E-state index < -0.39 is 0 Å². The molecule has 0 aromatic rings. The van der Waals surface area contributed by atoms with Gasteiger partial charge in [-0.25, -0.2) is 0 Å². The van der Waals surface area contributed by atoms with E-state index in [1.54, 1.807) is 0 Å². The minimum atomic E-state index is -0.175. The molecule has 2 aliphatic heterocycles. The van der Waals surface area contributed by atoms with E-state index in [0.717, 1.165) is 32.3 Å². The topological polar surface area (TPSA) is 29.5 Å². The molecule has 1 spiro atoms. The molecule has 84 valence electrons. The molecule has 3 fully saturated rings. The van der Waals surface area contributed by atoms with Gasteiger partial charge in [-0.15, -0.1) is 0 Å². The third-order valence-corrected chi connectivity index (χ3v) is 4.45. The quantitative estimate of drug-likeness (QED) is 0.660. The summed E-state index contributed by atoms with van der Waals surface area (Å²) >= 11 is 0. The molecule has 3 rings (SSSR count). The molecular formula is C12H19NO2. The van der Waals surface area contributed by atoms with Crippen LogP contribution >= 0.6 is 0 Å². The van der Waals surface area contributed by atoms with Crippen LogP contribution in [0.1, 0.15) is 45.4 Å². The maximum absolute atomic E-state index is 12.0. The van der Waals surface area contributed by atoms with Gasteiger partial charge in [-0.1, -0.05) is 13.3 Å². The lowest BCUT2D eigenvalue weighted by atomic mass is 9.98. The molecule has 0 N–H and O–H groups in total. The van der Waals surface area contributed by atoms with E-state index in [0.29, 0.717) is 17.9 Å². The van der Waals surface area contributed by atoms with Crippen molar-refractivity contribution in [2.75, 3.05) is 6.61 Å². The number of hydrogen-bond donors (Lipinski definition) is 0. The first-order chi connectivity index (χ1) is 7.27. The molecule has 2 heterocycles. The summed E-state index contributed by atoms with van der Waals surface area (Å²) in [6.07, 6.45) is 6.41. The number of hydrogen-bond acceptors (Lipinski definition) is 2. The zero-order chi connectivity index (χ0) is 10.5. The Labute approximate surface area is 90.8 Å². The van der Waals surface area contributed by atoms with E-state index in [4.69, 9.17) is 4.74 Å². The molecule has 1 aliphatic carbocycles. The van der Waals surface area contributed by atoms with E-state index in [2.05, 4.69) is 11.8 Å². The van der Waals surface area contributed by atoms with Gasteiger partial charge in [0.15, 0.2) is 0 Å². The third-order valence-electron chi connectivity index (χ3n) is 4.45. The van der Waals surface area contributed by atoms with Gasteiger partial charge in [0, 0.05) is 6.42 Å². The van der Waals surface area contributed by atoms with Gasteiger partial charge in [0.05, 0.1) is 12.6 Å². The van der Waals surface area contributed by atoms with E-state index >= 15 is 0 Å². The Kier molecular flexibility index (Phi) is 2.06. The van der Waals surface area contributed by atoms with Crippen LogP contribution in [0.3, 0.4) is 0 Å². The highest BCUT2D eigenvalue weighted by atomic mass is 16.5. The van der Waals surface area contributed by atoms with Crippen molar-refractivity contribution in [1.29, 1.82) is 0 Å². The van der Waals surface area contributed by atoms with Crippen molar-refractivity contribution in [3.05, 3.63) is 0 Å². The number of nitrogens with zero attached hydrogens (tertiary/aromatic N) is 1. The van der Waals surface area contributed by atoms with Gasteiger partial charge < -0.3 is 9.64 Å². The maximum Gasteiger partial charge on any atom is 0.225 e.